The third-order valence-corrected chi connectivity index (χ3v) is 6.94. The first-order valence-corrected chi connectivity index (χ1v) is 13.0. The summed E-state index contributed by atoms with van der Waals surface area (Å²) in [4.78, 5) is 35.0. The highest BCUT2D eigenvalue weighted by molar-refractivity contribution is 5.93. The van der Waals surface area contributed by atoms with Crippen LogP contribution in [0, 0.1) is 12.8 Å². The minimum Gasteiger partial charge on any atom is -0.439 e. The largest absolute Gasteiger partial charge is 0.439 e. The first-order valence-electron chi connectivity index (χ1n) is 13.0. The number of Topliss-reactive ketones (excluding diaryl/α,β-unsaturated/α-hetero) is 1. The zero-order valence-electron chi connectivity index (χ0n) is 21.6. The highest BCUT2D eigenvalue weighted by Crippen LogP contribution is 2.34. The SMILES string of the molecule is Cc1cc(Oc2cc(NC(=O)C3CC3)ncn2)ccc1CC(=O)Cc1cc(N2CCCC2)cc(C(F)(F)F)c1. The van der Waals surface area contributed by atoms with Crippen LogP contribution in [-0.2, 0) is 28.6 Å². The van der Waals surface area contributed by atoms with Crippen LogP contribution in [0.1, 0.15) is 47.9 Å². The molecule has 1 aromatic heterocycles. The molecule has 1 amide bonds. The van der Waals surface area contributed by atoms with Gasteiger partial charge >= 0.3 is 6.18 Å². The van der Waals surface area contributed by atoms with Crippen LogP contribution < -0.4 is 15.0 Å². The summed E-state index contributed by atoms with van der Waals surface area (Å²) < 4.78 is 46.4. The fourth-order valence-electron chi connectivity index (χ4n) is 4.69. The number of nitrogens with zero attached hydrogens (tertiary/aromatic N) is 3. The summed E-state index contributed by atoms with van der Waals surface area (Å²) in [6.07, 6.45) is 0.485. The Balaban J connectivity index is 1.24. The van der Waals surface area contributed by atoms with E-state index in [-0.39, 0.29) is 36.3 Å². The van der Waals surface area contributed by atoms with Gasteiger partial charge in [0, 0.05) is 43.6 Å². The molecule has 1 N–H and O–H groups in total. The van der Waals surface area contributed by atoms with Gasteiger partial charge in [-0.2, -0.15) is 13.2 Å². The van der Waals surface area contributed by atoms with Crippen molar-refractivity contribution in [2.45, 2.75) is 51.6 Å². The lowest BCUT2D eigenvalue weighted by atomic mass is 9.98. The molecule has 204 valence electrons. The minimum atomic E-state index is -4.48. The molecule has 10 heteroatoms. The number of nitrogens with one attached hydrogen (secondary N) is 1. The van der Waals surface area contributed by atoms with E-state index in [0.29, 0.717) is 35.9 Å². The lowest BCUT2D eigenvalue weighted by Gasteiger charge is -2.20. The van der Waals surface area contributed by atoms with Crippen molar-refractivity contribution in [1.82, 2.24) is 9.97 Å². The molecule has 1 aliphatic carbocycles. The van der Waals surface area contributed by atoms with Gasteiger partial charge in [-0.25, -0.2) is 9.97 Å². The molecule has 39 heavy (non-hydrogen) atoms. The molecule has 0 radical (unpaired) electrons. The number of aromatic nitrogens is 2. The molecule has 2 heterocycles. The van der Waals surface area contributed by atoms with Crippen LogP contribution in [0.2, 0.25) is 0 Å². The standard InChI is InChI=1S/C29H29F3N4O3/c1-18-10-25(39-27-16-26(33-17-34-27)35-28(38)20-4-5-20)7-6-21(18)14-24(37)13-19-11-22(29(30,31)32)15-23(12-19)36-8-2-3-9-36/h6-7,10-12,15-17,20H,2-5,8-9,13-14H2,1H3,(H,33,34,35,38). The third kappa shape index (κ3) is 6.93. The summed E-state index contributed by atoms with van der Waals surface area (Å²) in [6, 6.07) is 10.7. The van der Waals surface area contributed by atoms with Crippen LogP contribution in [0.5, 0.6) is 11.6 Å². The maximum absolute atomic E-state index is 13.5. The van der Waals surface area contributed by atoms with E-state index < -0.39 is 11.7 Å². The number of ketones is 1. The molecule has 0 bridgehead atoms. The Labute approximate surface area is 224 Å². The summed E-state index contributed by atoms with van der Waals surface area (Å²) in [5, 5.41) is 2.75. The summed E-state index contributed by atoms with van der Waals surface area (Å²) in [6.45, 7) is 3.27. The molecular weight excluding hydrogens is 509 g/mol. The van der Waals surface area contributed by atoms with E-state index in [2.05, 4.69) is 15.3 Å². The zero-order chi connectivity index (χ0) is 27.6. The van der Waals surface area contributed by atoms with Gasteiger partial charge in [0.1, 0.15) is 23.7 Å². The molecule has 7 nitrogen and oxygen atoms in total. The second-order valence-electron chi connectivity index (χ2n) is 10.2. The van der Waals surface area contributed by atoms with Crippen LogP contribution in [-0.4, -0.2) is 34.7 Å². The number of carbonyl (C=O) groups excluding carboxylic acids is 2. The van der Waals surface area contributed by atoms with Crippen molar-refractivity contribution >= 4 is 23.2 Å². The molecule has 1 aliphatic heterocycles. The van der Waals surface area contributed by atoms with Crippen LogP contribution in [0.4, 0.5) is 24.7 Å². The van der Waals surface area contributed by atoms with Crippen molar-refractivity contribution in [1.29, 1.82) is 0 Å². The van der Waals surface area contributed by atoms with Crippen molar-refractivity contribution in [3.05, 3.63) is 71.0 Å². The summed E-state index contributed by atoms with van der Waals surface area (Å²) in [5.41, 5.74) is 1.72. The molecule has 2 fully saturated rings. The number of carbonyl (C=O) groups is 2. The maximum atomic E-state index is 13.5. The number of halogens is 3. The second-order valence-corrected chi connectivity index (χ2v) is 10.2. The Morgan fingerprint density at radius 3 is 2.49 bits per heavy atom. The van der Waals surface area contributed by atoms with Gasteiger partial charge in [0.05, 0.1) is 5.56 Å². The smallest absolute Gasteiger partial charge is 0.416 e. The van der Waals surface area contributed by atoms with Crippen LogP contribution in [0.25, 0.3) is 0 Å². The number of anilines is 2. The highest BCUT2D eigenvalue weighted by atomic mass is 19.4. The Morgan fingerprint density at radius 2 is 1.79 bits per heavy atom. The van der Waals surface area contributed by atoms with Gasteiger partial charge in [0.15, 0.2) is 0 Å². The van der Waals surface area contributed by atoms with Gasteiger partial charge in [0.2, 0.25) is 11.8 Å². The number of alkyl halides is 3. The Kier molecular flexibility index (Phi) is 7.54. The minimum absolute atomic E-state index is 0.0444. The summed E-state index contributed by atoms with van der Waals surface area (Å²) in [5.74, 6) is 0.918. The van der Waals surface area contributed by atoms with Crippen molar-refractivity contribution in [2.24, 2.45) is 5.92 Å². The number of benzene rings is 2. The molecule has 1 saturated heterocycles. The number of rotatable bonds is 9. The average molecular weight is 539 g/mol. The second kappa shape index (κ2) is 11.0. The number of amides is 1. The molecular formula is C29H29F3N4O3. The van der Waals surface area contributed by atoms with Crippen molar-refractivity contribution < 1.29 is 27.5 Å². The normalized spacial score (nSPS) is 15.3. The van der Waals surface area contributed by atoms with Crippen LogP contribution in [0.15, 0.2) is 48.8 Å². The number of hydrogen-bond donors (Lipinski definition) is 1. The number of aryl methyl sites for hydroxylation is 1. The van der Waals surface area contributed by atoms with Crippen molar-refractivity contribution in [2.75, 3.05) is 23.3 Å². The van der Waals surface area contributed by atoms with E-state index in [1.807, 2.05) is 11.8 Å². The number of ether oxygens (including phenoxy) is 1. The van der Waals surface area contributed by atoms with Gasteiger partial charge in [-0.15, -0.1) is 0 Å². The van der Waals surface area contributed by atoms with Gasteiger partial charge in [-0.1, -0.05) is 6.07 Å². The lowest BCUT2D eigenvalue weighted by Crippen LogP contribution is -2.19. The molecule has 2 aromatic carbocycles. The van der Waals surface area contributed by atoms with Crippen molar-refractivity contribution in [3.63, 3.8) is 0 Å². The number of hydrogen-bond acceptors (Lipinski definition) is 6. The van der Waals surface area contributed by atoms with Gasteiger partial charge in [0.25, 0.3) is 0 Å². The van der Waals surface area contributed by atoms with E-state index >= 15 is 0 Å². The summed E-state index contributed by atoms with van der Waals surface area (Å²) in [7, 11) is 0. The Hall–Kier alpha value is -3.95. The maximum Gasteiger partial charge on any atom is 0.416 e. The molecule has 5 rings (SSSR count). The van der Waals surface area contributed by atoms with Gasteiger partial charge in [-0.05, 0) is 79.6 Å². The molecule has 0 spiro atoms. The molecule has 1 saturated carbocycles. The predicted octanol–water partition coefficient (Wildman–Crippen LogP) is 5.90. The highest BCUT2D eigenvalue weighted by Gasteiger charge is 2.32. The Bertz CT molecular complexity index is 1380. The zero-order valence-corrected chi connectivity index (χ0v) is 21.6. The van der Waals surface area contributed by atoms with Gasteiger partial charge in [-0.3, -0.25) is 9.59 Å². The first-order chi connectivity index (χ1) is 18.6. The third-order valence-electron chi connectivity index (χ3n) is 6.94. The fraction of sp³-hybridized carbons (Fsp3) is 0.379. The molecule has 0 unspecified atom stereocenters. The topological polar surface area (TPSA) is 84.4 Å². The van der Waals surface area contributed by atoms with E-state index in [1.54, 1.807) is 30.3 Å². The lowest BCUT2D eigenvalue weighted by molar-refractivity contribution is -0.137. The van der Waals surface area contributed by atoms with Gasteiger partial charge < -0.3 is 15.0 Å². The van der Waals surface area contributed by atoms with Crippen molar-refractivity contribution in [3.8, 4) is 11.6 Å². The predicted molar refractivity (Wildman–Crippen MR) is 140 cm³/mol. The van der Waals surface area contributed by atoms with E-state index in [9.17, 15) is 22.8 Å². The van der Waals surface area contributed by atoms with Crippen LogP contribution >= 0.6 is 0 Å². The first kappa shape index (κ1) is 26.6. The monoisotopic (exact) mass is 538 g/mol. The Morgan fingerprint density at radius 1 is 1.03 bits per heavy atom. The quantitative estimate of drug-likeness (QED) is 0.365. The average Bonchev–Trinajstić information content (AvgIpc) is 3.59. The molecule has 3 aromatic rings. The van der Waals surface area contributed by atoms with Crippen LogP contribution in [0.3, 0.4) is 0 Å². The molecule has 2 aliphatic rings. The summed E-state index contributed by atoms with van der Waals surface area (Å²) >= 11 is 0. The van der Waals surface area contributed by atoms with E-state index in [0.717, 1.165) is 42.9 Å². The van der Waals surface area contributed by atoms with E-state index in [1.165, 1.54) is 12.4 Å². The van der Waals surface area contributed by atoms with E-state index in [4.69, 9.17) is 4.74 Å². The molecule has 0 atom stereocenters. The fourth-order valence-corrected chi connectivity index (χ4v) is 4.69.